The lowest BCUT2D eigenvalue weighted by Gasteiger charge is -2.15. The fraction of sp³-hybridized carbons (Fsp3) is 0.250. The monoisotopic (exact) mass is 272 g/mol. The molecule has 20 heavy (non-hydrogen) atoms. The average Bonchev–Trinajstić information content (AvgIpc) is 2.39. The maximum atomic E-state index is 12.8. The van der Waals surface area contributed by atoms with E-state index >= 15 is 0 Å². The Bertz CT molecular complexity index is 596. The first-order chi connectivity index (χ1) is 9.54. The van der Waals surface area contributed by atoms with Crippen LogP contribution < -0.4 is 0 Å². The molecule has 0 bridgehead atoms. The Hall–Kier alpha value is -2.07. The summed E-state index contributed by atoms with van der Waals surface area (Å²) < 4.78 is 12.8. The quantitative estimate of drug-likeness (QED) is 0.785. The molecule has 0 spiro atoms. The van der Waals surface area contributed by atoms with Crippen molar-refractivity contribution in [3.8, 4) is 0 Å². The molecule has 2 aromatic rings. The molecule has 0 aliphatic carbocycles. The van der Waals surface area contributed by atoms with E-state index in [2.05, 4.69) is 4.98 Å². The molecule has 0 aliphatic rings. The number of pyridine rings is 1. The van der Waals surface area contributed by atoms with Gasteiger partial charge in [0, 0.05) is 17.8 Å². The van der Waals surface area contributed by atoms with Crippen LogP contribution in [-0.4, -0.2) is 29.3 Å². The number of rotatable bonds is 5. The molecule has 1 heterocycles. The third-order valence-electron chi connectivity index (χ3n) is 2.96. The van der Waals surface area contributed by atoms with Crippen molar-refractivity contribution in [3.63, 3.8) is 0 Å². The van der Waals surface area contributed by atoms with Crippen molar-refractivity contribution < 1.29 is 9.18 Å². The van der Waals surface area contributed by atoms with E-state index in [1.807, 2.05) is 37.1 Å². The molecule has 1 aromatic heterocycles. The normalized spacial score (nSPS) is 10.8. The summed E-state index contributed by atoms with van der Waals surface area (Å²) in [4.78, 5) is 18.3. The Morgan fingerprint density at radius 1 is 1.20 bits per heavy atom. The van der Waals surface area contributed by atoms with Crippen LogP contribution in [0.15, 0.2) is 42.5 Å². The molecule has 0 aliphatic heterocycles. The number of Topliss-reactive ketones (excluding diaryl/α,β-unsaturated/α-hetero) is 1. The lowest BCUT2D eigenvalue weighted by molar-refractivity contribution is 0.0942. The predicted molar refractivity (Wildman–Crippen MR) is 76.0 cm³/mol. The summed E-state index contributed by atoms with van der Waals surface area (Å²) in [6.07, 6.45) is 0. The van der Waals surface area contributed by atoms with Crippen LogP contribution in [-0.2, 0) is 6.54 Å². The van der Waals surface area contributed by atoms with Gasteiger partial charge in [-0.1, -0.05) is 6.07 Å². The van der Waals surface area contributed by atoms with Crippen molar-refractivity contribution in [1.82, 2.24) is 9.88 Å². The fourth-order valence-corrected chi connectivity index (χ4v) is 1.99. The van der Waals surface area contributed by atoms with Gasteiger partial charge >= 0.3 is 0 Å². The number of aryl methyl sites for hydroxylation is 1. The first-order valence-electron chi connectivity index (χ1n) is 6.44. The number of halogens is 1. The first-order valence-corrected chi connectivity index (χ1v) is 6.44. The summed E-state index contributed by atoms with van der Waals surface area (Å²) in [6.45, 7) is 2.82. The van der Waals surface area contributed by atoms with E-state index in [0.29, 0.717) is 12.1 Å². The summed E-state index contributed by atoms with van der Waals surface area (Å²) in [6, 6.07) is 11.4. The molecule has 0 amide bonds. The molecule has 0 saturated heterocycles. The Morgan fingerprint density at radius 3 is 2.55 bits per heavy atom. The highest BCUT2D eigenvalue weighted by molar-refractivity contribution is 5.97. The molecule has 0 fully saturated rings. The maximum Gasteiger partial charge on any atom is 0.176 e. The van der Waals surface area contributed by atoms with Gasteiger partial charge in [-0.15, -0.1) is 0 Å². The lowest BCUT2D eigenvalue weighted by Crippen LogP contribution is -2.26. The predicted octanol–water partition coefficient (Wildman–Crippen LogP) is 2.84. The van der Waals surface area contributed by atoms with Gasteiger partial charge in [0.1, 0.15) is 5.82 Å². The summed E-state index contributed by atoms with van der Waals surface area (Å²) in [5.74, 6) is -0.362. The van der Waals surface area contributed by atoms with Gasteiger partial charge in [0.15, 0.2) is 5.78 Å². The molecular weight excluding hydrogens is 255 g/mol. The van der Waals surface area contributed by atoms with Crippen LogP contribution >= 0.6 is 0 Å². The van der Waals surface area contributed by atoms with Crippen LogP contribution in [0.3, 0.4) is 0 Å². The van der Waals surface area contributed by atoms with Crippen molar-refractivity contribution >= 4 is 5.78 Å². The van der Waals surface area contributed by atoms with Crippen LogP contribution in [0.1, 0.15) is 21.7 Å². The van der Waals surface area contributed by atoms with E-state index < -0.39 is 0 Å². The average molecular weight is 272 g/mol. The van der Waals surface area contributed by atoms with Gasteiger partial charge in [-0.2, -0.15) is 0 Å². The Labute approximate surface area is 118 Å². The minimum absolute atomic E-state index is 0.0276. The third kappa shape index (κ3) is 3.96. The number of likely N-dealkylation sites (N-methyl/N-ethyl adjacent to an activating group) is 1. The topological polar surface area (TPSA) is 33.2 Å². The lowest BCUT2D eigenvalue weighted by atomic mass is 10.1. The van der Waals surface area contributed by atoms with E-state index in [9.17, 15) is 9.18 Å². The second kappa shape index (κ2) is 6.39. The van der Waals surface area contributed by atoms with E-state index in [4.69, 9.17) is 0 Å². The maximum absolute atomic E-state index is 12.8. The molecule has 3 nitrogen and oxygen atoms in total. The fourth-order valence-electron chi connectivity index (χ4n) is 1.99. The number of hydrogen-bond donors (Lipinski definition) is 0. The Kier molecular flexibility index (Phi) is 4.58. The summed E-state index contributed by atoms with van der Waals surface area (Å²) >= 11 is 0. The number of aromatic nitrogens is 1. The smallest absolute Gasteiger partial charge is 0.176 e. The van der Waals surface area contributed by atoms with Gasteiger partial charge in [0.05, 0.1) is 12.2 Å². The number of hydrogen-bond acceptors (Lipinski definition) is 3. The van der Waals surface area contributed by atoms with Gasteiger partial charge in [0.2, 0.25) is 0 Å². The molecule has 4 heteroatoms. The number of nitrogens with zero attached hydrogens (tertiary/aromatic N) is 2. The van der Waals surface area contributed by atoms with Crippen LogP contribution in [0.4, 0.5) is 4.39 Å². The Balaban J connectivity index is 1.95. The zero-order valence-corrected chi connectivity index (χ0v) is 11.6. The van der Waals surface area contributed by atoms with Crippen molar-refractivity contribution in [2.75, 3.05) is 13.6 Å². The highest BCUT2D eigenvalue weighted by Gasteiger charge is 2.10. The van der Waals surface area contributed by atoms with Crippen molar-refractivity contribution in [2.45, 2.75) is 13.5 Å². The summed E-state index contributed by atoms with van der Waals surface area (Å²) in [5, 5.41) is 0. The van der Waals surface area contributed by atoms with E-state index in [1.54, 1.807) is 0 Å². The van der Waals surface area contributed by atoms with Gasteiger partial charge in [-0.25, -0.2) is 4.39 Å². The van der Waals surface area contributed by atoms with E-state index in [1.165, 1.54) is 24.3 Å². The van der Waals surface area contributed by atoms with Crippen LogP contribution in [0, 0.1) is 12.7 Å². The van der Waals surface area contributed by atoms with Crippen LogP contribution in [0.25, 0.3) is 0 Å². The minimum Gasteiger partial charge on any atom is -0.293 e. The van der Waals surface area contributed by atoms with Gasteiger partial charge in [-0.05, 0) is 50.4 Å². The van der Waals surface area contributed by atoms with E-state index in [-0.39, 0.29) is 18.1 Å². The molecule has 2 rings (SSSR count). The zero-order chi connectivity index (χ0) is 14.5. The highest BCUT2D eigenvalue weighted by Crippen LogP contribution is 2.06. The van der Waals surface area contributed by atoms with Crippen LogP contribution in [0.5, 0.6) is 0 Å². The number of benzene rings is 1. The molecular formula is C16H17FN2O. The van der Waals surface area contributed by atoms with Crippen molar-refractivity contribution in [1.29, 1.82) is 0 Å². The molecule has 1 aromatic carbocycles. The number of carbonyl (C=O) groups is 1. The van der Waals surface area contributed by atoms with Gasteiger partial charge in [-0.3, -0.25) is 14.7 Å². The Morgan fingerprint density at radius 2 is 1.90 bits per heavy atom. The molecule has 0 saturated carbocycles. The van der Waals surface area contributed by atoms with Gasteiger partial charge in [0.25, 0.3) is 0 Å². The number of ketones is 1. The highest BCUT2D eigenvalue weighted by atomic mass is 19.1. The SMILES string of the molecule is Cc1cccc(CN(C)CC(=O)c2ccc(F)cc2)n1. The largest absolute Gasteiger partial charge is 0.293 e. The first kappa shape index (κ1) is 14.3. The molecule has 0 unspecified atom stereocenters. The second-order valence-electron chi connectivity index (χ2n) is 4.87. The molecule has 0 N–H and O–H groups in total. The minimum atomic E-state index is -0.334. The summed E-state index contributed by atoms with van der Waals surface area (Å²) in [7, 11) is 1.87. The standard InChI is InChI=1S/C16H17FN2O/c1-12-4-3-5-15(18-12)10-19(2)11-16(20)13-6-8-14(17)9-7-13/h3-9H,10-11H2,1-2H3. The molecule has 0 atom stereocenters. The van der Waals surface area contributed by atoms with Crippen molar-refractivity contribution in [3.05, 3.63) is 65.2 Å². The second-order valence-corrected chi connectivity index (χ2v) is 4.87. The van der Waals surface area contributed by atoms with Crippen molar-refractivity contribution in [2.24, 2.45) is 0 Å². The molecule has 0 radical (unpaired) electrons. The summed E-state index contributed by atoms with van der Waals surface area (Å²) in [5.41, 5.74) is 2.41. The van der Waals surface area contributed by atoms with Crippen LogP contribution in [0.2, 0.25) is 0 Å². The third-order valence-corrected chi connectivity index (χ3v) is 2.96. The van der Waals surface area contributed by atoms with E-state index in [0.717, 1.165) is 11.4 Å². The zero-order valence-electron chi connectivity index (χ0n) is 11.6. The number of carbonyl (C=O) groups excluding carboxylic acids is 1. The van der Waals surface area contributed by atoms with Gasteiger partial charge < -0.3 is 0 Å². The molecule has 104 valence electrons.